The highest BCUT2D eigenvalue weighted by Crippen LogP contribution is 2.28. The number of hydrogen-bond acceptors (Lipinski definition) is 8. The van der Waals surface area contributed by atoms with Crippen molar-refractivity contribution >= 4 is 30.0 Å². The molecule has 0 radical (unpaired) electrons. The van der Waals surface area contributed by atoms with Crippen LogP contribution in [0.5, 0.6) is 5.75 Å². The molecule has 34 heavy (non-hydrogen) atoms. The Hall–Kier alpha value is -4.18. The number of rotatable bonds is 10. The standard InChI is InChI=1S/C24H22N6O3S/c1-2-32-21-11-9-19(10-12-21)30-23(18-6-3-13-25-16-18)28-29-24(30)34-17-22(31)27-26-14-4-7-20-8-5-15-33-20/h3-16H,2,17H2,1H3,(H,27,31)/b7-4+,26-14-. The smallest absolute Gasteiger partial charge is 0.250 e. The lowest BCUT2D eigenvalue weighted by molar-refractivity contribution is -0.118. The van der Waals surface area contributed by atoms with Gasteiger partial charge in [0.1, 0.15) is 11.5 Å². The van der Waals surface area contributed by atoms with Gasteiger partial charge in [0.25, 0.3) is 5.91 Å². The minimum atomic E-state index is -0.267. The average molecular weight is 475 g/mol. The van der Waals surface area contributed by atoms with Gasteiger partial charge >= 0.3 is 0 Å². The first-order valence-electron chi connectivity index (χ1n) is 10.5. The van der Waals surface area contributed by atoms with E-state index in [-0.39, 0.29) is 11.7 Å². The van der Waals surface area contributed by atoms with Gasteiger partial charge in [0.15, 0.2) is 11.0 Å². The third-order valence-corrected chi connectivity index (χ3v) is 5.37. The Bertz CT molecular complexity index is 1250. The number of benzene rings is 1. The third kappa shape index (κ3) is 5.99. The average Bonchev–Trinajstić information content (AvgIpc) is 3.54. The van der Waals surface area contributed by atoms with E-state index in [0.717, 1.165) is 17.0 Å². The fourth-order valence-electron chi connectivity index (χ4n) is 2.97. The van der Waals surface area contributed by atoms with Crippen LogP contribution in [0.2, 0.25) is 0 Å². The Morgan fingerprint density at radius 2 is 2.09 bits per heavy atom. The molecule has 0 aliphatic heterocycles. The Morgan fingerprint density at radius 1 is 1.21 bits per heavy atom. The molecule has 172 valence electrons. The van der Waals surface area contributed by atoms with Gasteiger partial charge in [0, 0.05) is 29.9 Å². The van der Waals surface area contributed by atoms with E-state index in [1.54, 1.807) is 36.9 Å². The number of pyridine rings is 1. The third-order valence-electron chi connectivity index (χ3n) is 4.44. The number of aromatic nitrogens is 4. The minimum Gasteiger partial charge on any atom is -0.494 e. The van der Waals surface area contributed by atoms with Crippen LogP contribution in [0.4, 0.5) is 0 Å². The molecule has 1 amide bonds. The number of allylic oxidation sites excluding steroid dienone is 1. The monoisotopic (exact) mass is 474 g/mol. The zero-order valence-electron chi connectivity index (χ0n) is 18.4. The Balaban J connectivity index is 1.46. The second kappa shape index (κ2) is 11.6. The summed E-state index contributed by atoms with van der Waals surface area (Å²) in [6.07, 6.45) is 9.90. The SMILES string of the molecule is CCOc1ccc(-n2c(SCC(=O)N/N=C\C=C\c3ccco3)nnc2-c2cccnc2)cc1. The number of furan rings is 1. The lowest BCUT2D eigenvalue weighted by Gasteiger charge is -2.11. The van der Waals surface area contributed by atoms with E-state index in [4.69, 9.17) is 9.15 Å². The fourth-order valence-corrected chi connectivity index (χ4v) is 3.72. The van der Waals surface area contributed by atoms with Crippen LogP contribution in [0.3, 0.4) is 0 Å². The summed E-state index contributed by atoms with van der Waals surface area (Å²) in [5, 5.41) is 13.1. The van der Waals surface area contributed by atoms with E-state index in [2.05, 4.69) is 25.7 Å². The van der Waals surface area contributed by atoms with Crippen LogP contribution >= 0.6 is 11.8 Å². The Kier molecular flexibility index (Phi) is 7.86. The van der Waals surface area contributed by atoms with E-state index in [9.17, 15) is 4.79 Å². The molecule has 0 atom stereocenters. The van der Waals surface area contributed by atoms with Crippen molar-refractivity contribution in [3.05, 3.63) is 79.0 Å². The second-order valence-electron chi connectivity index (χ2n) is 6.79. The van der Waals surface area contributed by atoms with Crippen molar-refractivity contribution in [3.8, 4) is 22.8 Å². The number of nitrogens with one attached hydrogen (secondary N) is 1. The van der Waals surface area contributed by atoms with Crippen molar-refractivity contribution in [2.75, 3.05) is 12.4 Å². The molecule has 0 saturated heterocycles. The van der Waals surface area contributed by atoms with E-state index in [1.165, 1.54) is 18.0 Å². The van der Waals surface area contributed by atoms with Crippen LogP contribution in [-0.2, 0) is 4.79 Å². The number of ether oxygens (including phenoxy) is 1. The molecule has 4 aromatic rings. The van der Waals surface area contributed by atoms with Gasteiger partial charge in [0.05, 0.1) is 18.6 Å². The predicted molar refractivity (Wildman–Crippen MR) is 131 cm³/mol. The van der Waals surface area contributed by atoms with Crippen molar-refractivity contribution in [2.45, 2.75) is 12.1 Å². The van der Waals surface area contributed by atoms with E-state index < -0.39 is 0 Å². The van der Waals surface area contributed by atoms with Gasteiger partial charge in [-0.05, 0) is 67.6 Å². The van der Waals surface area contributed by atoms with Crippen LogP contribution in [-0.4, -0.2) is 44.2 Å². The van der Waals surface area contributed by atoms with Crippen molar-refractivity contribution in [1.29, 1.82) is 0 Å². The molecule has 10 heteroatoms. The topological polar surface area (TPSA) is 107 Å². The first-order chi connectivity index (χ1) is 16.7. The molecular weight excluding hydrogens is 452 g/mol. The molecule has 0 spiro atoms. The van der Waals surface area contributed by atoms with Gasteiger partial charge in [0.2, 0.25) is 0 Å². The number of carbonyl (C=O) groups is 1. The molecule has 0 bridgehead atoms. The van der Waals surface area contributed by atoms with Gasteiger partial charge in [-0.3, -0.25) is 14.3 Å². The molecule has 0 fully saturated rings. The largest absolute Gasteiger partial charge is 0.494 e. The quantitative estimate of drug-likeness (QED) is 0.208. The molecule has 3 heterocycles. The molecule has 4 rings (SSSR count). The number of amides is 1. The number of carbonyl (C=O) groups excluding carboxylic acids is 1. The van der Waals surface area contributed by atoms with E-state index in [1.807, 2.05) is 54.0 Å². The van der Waals surface area contributed by atoms with Crippen LogP contribution in [0.25, 0.3) is 23.2 Å². The number of thioether (sulfide) groups is 1. The van der Waals surface area contributed by atoms with Crippen molar-refractivity contribution in [3.63, 3.8) is 0 Å². The highest BCUT2D eigenvalue weighted by Gasteiger charge is 2.17. The summed E-state index contributed by atoms with van der Waals surface area (Å²) in [5.74, 6) is 1.95. The molecule has 9 nitrogen and oxygen atoms in total. The van der Waals surface area contributed by atoms with Crippen LogP contribution in [0.1, 0.15) is 12.7 Å². The lowest BCUT2D eigenvalue weighted by atomic mass is 10.2. The summed E-state index contributed by atoms with van der Waals surface area (Å²) >= 11 is 1.26. The van der Waals surface area contributed by atoms with Gasteiger partial charge in [-0.25, -0.2) is 5.43 Å². The highest BCUT2D eigenvalue weighted by atomic mass is 32.2. The lowest BCUT2D eigenvalue weighted by Crippen LogP contribution is -2.19. The Labute approximate surface area is 200 Å². The maximum absolute atomic E-state index is 12.3. The first kappa shape index (κ1) is 23.0. The number of nitrogens with zero attached hydrogens (tertiary/aromatic N) is 5. The zero-order chi connectivity index (χ0) is 23.6. The first-order valence-corrected chi connectivity index (χ1v) is 11.5. The number of hydrazone groups is 1. The van der Waals surface area contributed by atoms with Gasteiger partial charge in [-0.2, -0.15) is 5.10 Å². The predicted octanol–water partition coefficient (Wildman–Crippen LogP) is 4.23. The summed E-state index contributed by atoms with van der Waals surface area (Å²) in [5.41, 5.74) is 4.15. The van der Waals surface area contributed by atoms with Crippen molar-refractivity contribution in [2.24, 2.45) is 5.10 Å². The van der Waals surface area contributed by atoms with Gasteiger partial charge in [-0.15, -0.1) is 10.2 Å². The van der Waals surface area contributed by atoms with Gasteiger partial charge in [-0.1, -0.05) is 11.8 Å². The van der Waals surface area contributed by atoms with Crippen LogP contribution in [0, 0.1) is 0 Å². The summed E-state index contributed by atoms with van der Waals surface area (Å²) in [6.45, 7) is 2.53. The maximum atomic E-state index is 12.3. The molecule has 1 N–H and O–H groups in total. The van der Waals surface area contributed by atoms with Crippen LogP contribution in [0.15, 0.2) is 87.9 Å². The molecule has 3 aromatic heterocycles. The van der Waals surface area contributed by atoms with Gasteiger partial charge < -0.3 is 9.15 Å². The second-order valence-corrected chi connectivity index (χ2v) is 7.73. The number of hydrogen-bond donors (Lipinski definition) is 1. The van der Waals surface area contributed by atoms with E-state index in [0.29, 0.717) is 23.3 Å². The molecule has 0 aliphatic rings. The molecule has 0 unspecified atom stereocenters. The summed E-state index contributed by atoms with van der Waals surface area (Å²) in [7, 11) is 0. The molecule has 1 aromatic carbocycles. The summed E-state index contributed by atoms with van der Waals surface area (Å²) < 4.78 is 12.6. The van der Waals surface area contributed by atoms with E-state index >= 15 is 0 Å². The van der Waals surface area contributed by atoms with Crippen molar-refractivity contribution < 1.29 is 13.9 Å². The highest BCUT2D eigenvalue weighted by molar-refractivity contribution is 7.99. The molecular formula is C24H22N6O3S. The minimum absolute atomic E-state index is 0.113. The molecule has 0 saturated carbocycles. The fraction of sp³-hybridized carbons (Fsp3) is 0.125. The summed E-state index contributed by atoms with van der Waals surface area (Å²) in [4.78, 5) is 16.5. The summed E-state index contributed by atoms with van der Waals surface area (Å²) in [6, 6.07) is 15.0. The van der Waals surface area contributed by atoms with Crippen LogP contribution < -0.4 is 10.2 Å². The molecule has 0 aliphatic carbocycles. The maximum Gasteiger partial charge on any atom is 0.250 e. The Morgan fingerprint density at radius 3 is 2.82 bits per heavy atom. The zero-order valence-corrected chi connectivity index (χ0v) is 19.2. The van der Waals surface area contributed by atoms with Crippen molar-refractivity contribution in [1.82, 2.24) is 25.2 Å². The normalized spacial score (nSPS) is 11.3.